The molecule has 0 radical (unpaired) electrons. The second kappa shape index (κ2) is 30.1. The summed E-state index contributed by atoms with van der Waals surface area (Å²) >= 11 is 0. The SMILES string of the molecule is CCCCCCCCCCCCCCCCCCc1cc(S(=O)(=O)O)cc2c(CCCCCCCCCCCCCCCCCC)cccc12. The van der Waals surface area contributed by atoms with Crippen molar-refractivity contribution in [3.63, 3.8) is 0 Å². The molecule has 1 N–H and O–H groups in total. The molecule has 0 aromatic heterocycles. The van der Waals surface area contributed by atoms with Crippen molar-refractivity contribution in [1.29, 1.82) is 0 Å². The molecule has 2 aromatic carbocycles. The molecule has 0 bridgehead atoms. The average molecular weight is 713 g/mol. The third-order valence-corrected chi connectivity index (χ3v) is 11.9. The van der Waals surface area contributed by atoms with Gasteiger partial charge in [-0.05, 0) is 59.7 Å². The Morgan fingerprint density at radius 3 is 1.06 bits per heavy atom. The summed E-state index contributed by atoms with van der Waals surface area (Å²) in [6, 6.07) is 9.86. The molecule has 2 rings (SSSR count). The zero-order chi connectivity index (χ0) is 36.0. The summed E-state index contributed by atoms with van der Waals surface area (Å²) in [7, 11) is -4.25. The molecule has 0 spiro atoms. The number of unbranched alkanes of at least 4 members (excludes halogenated alkanes) is 30. The van der Waals surface area contributed by atoms with Gasteiger partial charge in [0.1, 0.15) is 0 Å². The van der Waals surface area contributed by atoms with Gasteiger partial charge in [0.15, 0.2) is 0 Å². The van der Waals surface area contributed by atoms with Gasteiger partial charge in [-0.2, -0.15) is 8.42 Å². The lowest BCUT2D eigenvalue weighted by atomic mass is 9.94. The summed E-state index contributed by atoms with van der Waals surface area (Å²) in [5.74, 6) is 0. The van der Waals surface area contributed by atoms with Crippen molar-refractivity contribution in [2.75, 3.05) is 0 Å². The molecule has 288 valence electrons. The topological polar surface area (TPSA) is 54.4 Å². The number of hydrogen-bond donors (Lipinski definition) is 1. The molecule has 0 amide bonds. The van der Waals surface area contributed by atoms with E-state index in [2.05, 4.69) is 32.0 Å². The van der Waals surface area contributed by atoms with Gasteiger partial charge in [-0.1, -0.05) is 225 Å². The summed E-state index contributed by atoms with van der Waals surface area (Å²) < 4.78 is 34.4. The molecular formula is C46H80O3S. The Morgan fingerprint density at radius 2 is 0.720 bits per heavy atom. The lowest BCUT2D eigenvalue weighted by Crippen LogP contribution is -2.01. The summed E-state index contributed by atoms with van der Waals surface area (Å²) in [4.78, 5) is 0.0518. The molecule has 0 saturated heterocycles. The maximum absolute atomic E-state index is 12.2. The molecule has 0 fully saturated rings. The van der Waals surface area contributed by atoms with Crippen LogP contribution in [0.3, 0.4) is 0 Å². The van der Waals surface area contributed by atoms with Crippen molar-refractivity contribution in [2.24, 2.45) is 0 Å². The van der Waals surface area contributed by atoms with Gasteiger partial charge in [-0.25, -0.2) is 0 Å². The first-order valence-corrected chi connectivity index (χ1v) is 23.4. The second-order valence-electron chi connectivity index (χ2n) is 15.7. The van der Waals surface area contributed by atoms with E-state index in [-0.39, 0.29) is 4.90 Å². The average Bonchev–Trinajstić information content (AvgIpc) is 3.10. The lowest BCUT2D eigenvalue weighted by Gasteiger charge is -2.13. The molecule has 50 heavy (non-hydrogen) atoms. The molecule has 0 heterocycles. The fourth-order valence-electron chi connectivity index (χ4n) is 7.80. The van der Waals surface area contributed by atoms with E-state index in [4.69, 9.17) is 0 Å². The van der Waals surface area contributed by atoms with Gasteiger partial charge < -0.3 is 0 Å². The van der Waals surface area contributed by atoms with Crippen LogP contribution in [0.4, 0.5) is 0 Å². The van der Waals surface area contributed by atoms with Gasteiger partial charge >= 0.3 is 0 Å². The smallest absolute Gasteiger partial charge is 0.282 e. The molecule has 0 aliphatic rings. The van der Waals surface area contributed by atoms with Crippen molar-refractivity contribution in [3.05, 3.63) is 41.5 Å². The van der Waals surface area contributed by atoms with Gasteiger partial charge in [0.2, 0.25) is 0 Å². The zero-order valence-electron chi connectivity index (χ0n) is 33.1. The van der Waals surface area contributed by atoms with Crippen molar-refractivity contribution in [1.82, 2.24) is 0 Å². The molecule has 0 saturated carbocycles. The molecule has 4 heteroatoms. The van der Waals surface area contributed by atoms with Crippen LogP contribution in [0.5, 0.6) is 0 Å². The van der Waals surface area contributed by atoms with Gasteiger partial charge in [0.25, 0.3) is 10.1 Å². The van der Waals surface area contributed by atoms with E-state index in [0.717, 1.165) is 42.0 Å². The first-order valence-electron chi connectivity index (χ1n) is 22.0. The molecule has 0 atom stereocenters. The minimum atomic E-state index is -4.25. The molecular weight excluding hydrogens is 633 g/mol. The van der Waals surface area contributed by atoms with Crippen LogP contribution in [0.1, 0.15) is 230 Å². The maximum atomic E-state index is 12.2. The summed E-state index contributed by atoms with van der Waals surface area (Å²) in [5.41, 5.74) is 2.28. The minimum Gasteiger partial charge on any atom is -0.282 e. The monoisotopic (exact) mass is 713 g/mol. The van der Waals surface area contributed by atoms with Gasteiger partial charge in [-0.3, -0.25) is 4.55 Å². The van der Waals surface area contributed by atoms with Crippen LogP contribution in [0.15, 0.2) is 35.2 Å². The summed E-state index contributed by atoms with van der Waals surface area (Å²) in [6.45, 7) is 4.57. The van der Waals surface area contributed by atoms with Crippen LogP contribution >= 0.6 is 0 Å². The fraction of sp³-hybridized carbons (Fsp3) is 0.783. The first kappa shape index (κ1) is 44.8. The molecule has 2 aromatic rings. The zero-order valence-corrected chi connectivity index (χ0v) is 33.9. The lowest BCUT2D eigenvalue weighted by molar-refractivity contribution is 0.483. The highest BCUT2D eigenvalue weighted by Gasteiger charge is 2.15. The van der Waals surface area contributed by atoms with E-state index >= 15 is 0 Å². The van der Waals surface area contributed by atoms with Gasteiger partial charge in [0.05, 0.1) is 4.90 Å². The fourth-order valence-corrected chi connectivity index (χ4v) is 8.36. The van der Waals surface area contributed by atoms with Crippen molar-refractivity contribution < 1.29 is 13.0 Å². The third kappa shape index (κ3) is 21.9. The Labute approximate surface area is 311 Å². The highest BCUT2D eigenvalue weighted by Crippen LogP contribution is 2.29. The minimum absolute atomic E-state index is 0.0518. The van der Waals surface area contributed by atoms with E-state index in [1.165, 1.54) is 198 Å². The predicted molar refractivity (Wildman–Crippen MR) is 220 cm³/mol. The standard InChI is InChI=1S/C46H80O3S/c1-3-5-7-9-11-13-15-17-19-21-23-25-27-29-31-33-36-42-38-35-39-45-43(40-44(41-46(42)45)50(47,48)49)37-34-32-30-28-26-24-22-20-18-16-14-12-10-8-6-4-2/h35,38-41H,3-34,36-37H2,1-2H3,(H,47,48,49). The van der Waals surface area contributed by atoms with Crippen LogP contribution in [0, 0.1) is 0 Å². The van der Waals surface area contributed by atoms with E-state index in [1.807, 2.05) is 0 Å². The van der Waals surface area contributed by atoms with E-state index in [9.17, 15) is 13.0 Å². The van der Waals surface area contributed by atoms with Crippen molar-refractivity contribution >= 4 is 20.9 Å². The molecule has 3 nitrogen and oxygen atoms in total. The number of aryl methyl sites for hydroxylation is 2. The highest BCUT2D eigenvalue weighted by atomic mass is 32.2. The second-order valence-corrected chi connectivity index (χ2v) is 17.1. The Kier molecular flexibility index (Phi) is 27.0. The predicted octanol–water partition coefficient (Wildman–Crippen LogP) is 15.7. The number of fused-ring (bicyclic) bond motifs is 1. The van der Waals surface area contributed by atoms with Crippen LogP contribution in [0.25, 0.3) is 10.8 Å². The quantitative estimate of drug-likeness (QED) is 0.0572. The largest absolute Gasteiger partial charge is 0.294 e. The maximum Gasteiger partial charge on any atom is 0.294 e. The first-order chi connectivity index (χ1) is 24.5. The molecule has 0 unspecified atom stereocenters. The van der Waals surface area contributed by atoms with E-state index in [1.54, 1.807) is 12.1 Å². The third-order valence-electron chi connectivity index (χ3n) is 11.0. The summed E-state index contributed by atoms with van der Waals surface area (Å²) in [5, 5.41) is 2.17. The Bertz CT molecular complexity index is 1190. The number of rotatable bonds is 35. The molecule has 0 aliphatic heterocycles. The highest BCUT2D eigenvalue weighted by molar-refractivity contribution is 7.85. The molecule has 0 aliphatic carbocycles. The number of benzene rings is 2. The van der Waals surface area contributed by atoms with Crippen molar-refractivity contribution in [2.45, 2.75) is 237 Å². The van der Waals surface area contributed by atoms with Gasteiger partial charge in [0, 0.05) is 0 Å². The van der Waals surface area contributed by atoms with Gasteiger partial charge in [-0.15, -0.1) is 0 Å². The normalized spacial score (nSPS) is 12.0. The Hall–Kier alpha value is -1.39. The van der Waals surface area contributed by atoms with Crippen LogP contribution in [-0.4, -0.2) is 13.0 Å². The van der Waals surface area contributed by atoms with Crippen LogP contribution in [-0.2, 0) is 23.0 Å². The van der Waals surface area contributed by atoms with Crippen LogP contribution < -0.4 is 0 Å². The van der Waals surface area contributed by atoms with Crippen LogP contribution in [0.2, 0.25) is 0 Å². The Balaban J connectivity index is 1.63. The van der Waals surface area contributed by atoms with Crippen molar-refractivity contribution in [3.8, 4) is 0 Å². The summed E-state index contributed by atoms with van der Waals surface area (Å²) in [6.07, 6.45) is 45.1. The Morgan fingerprint density at radius 1 is 0.400 bits per heavy atom. The van der Waals surface area contributed by atoms with E-state index < -0.39 is 10.1 Å². The van der Waals surface area contributed by atoms with E-state index in [0.29, 0.717) is 0 Å². The number of hydrogen-bond acceptors (Lipinski definition) is 2.